The summed E-state index contributed by atoms with van der Waals surface area (Å²) in [4.78, 5) is 16.1. The lowest BCUT2D eigenvalue weighted by atomic mass is 9.91. The van der Waals surface area contributed by atoms with E-state index in [9.17, 15) is 4.79 Å². The Balaban J connectivity index is 1.81. The van der Waals surface area contributed by atoms with Crippen molar-refractivity contribution in [3.63, 3.8) is 0 Å². The summed E-state index contributed by atoms with van der Waals surface area (Å²) in [5, 5.41) is 7.39. The van der Waals surface area contributed by atoms with Crippen LogP contribution < -0.4 is 15.4 Å². The molecule has 4 N–H and O–H groups in total. The fraction of sp³-hybridized carbons (Fsp3) is 0.438. The maximum absolute atomic E-state index is 11.5. The first-order valence-corrected chi connectivity index (χ1v) is 8.54. The summed E-state index contributed by atoms with van der Waals surface area (Å²) < 4.78 is 2.80. The number of amides is 2. The maximum Gasteiger partial charge on any atom is 0.325 e. The molecule has 22 heavy (non-hydrogen) atoms. The van der Waals surface area contributed by atoms with Gasteiger partial charge in [0, 0.05) is 34.1 Å². The Morgan fingerprint density at radius 1 is 1.45 bits per heavy atom. The van der Waals surface area contributed by atoms with Gasteiger partial charge in [0.1, 0.15) is 0 Å². The standard InChI is InChI=1S/C16H22N4OS/c1-3-18-16(21)20-22-11-5-7-15-13(9-11)12-8-10(17-2)4-6-14(12)19-15/h5,7,9-10,17,19H,3-4,6,8H2,1-2H3,(H2,18,20,21). The SMILES string of the molecule is CCNC(=O)NSc1ccc2[nH]c3c(c2c1)CC(NC)CC3. The molecule has 0 radical (unpaired) electrons. The van der Waals surface area contributed by atoms with E-state index in [4.69, 9.17) is 0 Å². The first-order chi connectivity index (χ1) is 10.7. The van der Waals surface area contributed by atoms with Gasteiger partial charge in [-0.2, -0.15) is 0 Å². The van der Waals surface area contributed by atoms with E-state index in [-0.39, 0.29) is 6.03 Å². The molecule has 0 fully saturated rings. The molecule has 0 saturated heterocycles. The summed E-state index contributed by atoms with van der Waals surface area (Å²) >= 11 is 1.35. The number of aryl methyl sites for hydroxylation is 1. The zero-order chi connectivity index (χ0) is 15.5. The second kappa shape index (κ2) is 6.62. The Bertz CT molecular complexity index is 682. The topological polar surface area (TPSA) is 69.0 Å². The van der Waals surface area contributed by atoms with Crippen molar-refractivity contribution in [3.05, 3.63) is 29.5 Å². The molecule has 118 valence electrons. The van der Waals surface area contributed by atoms with E-state index < -0.39 is 0 Å². The summed E-state index contributed by atoms with van der Waals surface area (Å²) in [6.07, 6.45) is 3.33. The average molecular weight is 318 g/mol. The molecule has 2 aromatic rings. The largest absolute Gasteiger partial charge is 0.358 e. The predicted molar refractivity (Wildman–Crippen MR) is 91.2 cm³/mol. The monoisotopic (exact) mass is 318 g/mol. The number of rotatable bonds is 4. The lowest BCUT2D eigenvalue weighted by molar-refractivity contribution is 0.247. The van der Waals surface area contributed by atoms with E-state index in [0.717, 1.165) is 17.7 Å². The highest BCUT2D eigenvalue weighted by atomic mass is 32.2. The van der Waals surface area contributed by atoms with Crippen LogP contribution in [0.1, 0.15) is 24.6 Å². The van der Waals surface area contributed by atoms with Crippen LogP contribution in [0.4, 0.5) is 4.79 Å². The Morgan fingerprint density at radius 3 is 3.09 bits per heavy atom. The van der Waals surface area contributed by atoms with Crippen molar-refractivity contribution in [2.75, 3.05) is 13.6 Å². The Morgan fingerprint density at radius 2 is 2.32 bits per heavy atom. The van der Waals surface area contributed by atoms with Crippen LogP contribution in [0.3, 0.4) is 0 Å². The van der Waals surface area contributed by atoms with Gasteiger partial charge in [-0.15, -0.1) is 0 Å². The second-order valence-corrected chi connectivity index (χ2v) is 6.46. The summed E-state index contributed by atoms with van der Waals surface area (Å²) in [7, 11) is 2.03. The van der Waals surface area contributed by atoms with Crippen LogP contribution in [0.15, 0.2) is 23.1 Å². The zero-order valence-electron chi connectivity index (χ0n) is 13.0. The van der Waals surface area contributed by atoms with E-state index in [1.807, 2.05) is 20.0 Å². The van der Waals surface area contributed by atoms with Gasteiger partial charge in [0.25, 0.3) is 0 Å². The zero-order valence-corrected chi connectivity index (χ0v) is 13.8. The van der Waals surface area contributed by atoms with Crippen molar-refractivity contribution in [1.82, 2.24) is 20.3 Å². The summed E-state index contributed by atoms with van der Waals surface area (Å²) in [5.41, 5.74) is 3.96. The third-order valence-electron chi connectivity index (χ3n) is 4.17. The predicted octanol–water partition coefficient (Wildman–Crippen LogP) is 2.57. The summed E-state index contributed by atoms with van der Waals surface area (Å²) in [5.74, 6) is 0. The van der Waals surface area contributed by atoms with Crippen LogP contribution in [-0.2, 0) is 12.8 Å². The number of aromatic amines is 1. The molecule has 3 rings (SSSR count). The van der Waals surface area contributed by atoms with Crippen molar-refractivity contribution in [3.8, 4) is 0 Å². The number of benzene rings is 1. The van der Waals surface area contributed by atoms with Crippen molar-refractivity contribution in [1.29, 1.82) is 0 Å². The van der Waals surface area contributed by atoms with Gasteiger partial charge >= 0.3 is 6.03 Å². The maximum atomic E-state index is 11.5. The number of carbonyl (C=O) groups is 1. The third kappa shape index (κ3) is 3.08. The van der Waals surface area contributed by atoms with E-state index in [0.29, 0.717) is 12.6 Å². The van der Waals surface area contributed by atoms with Gasteiger partial charge in [0.05, 0.1) is 0 Å². The summed E-state index contributed by atoms with van der Waals surface area (Å²) in [6, 6.07) is 6.70. The molecule has 0 bridgehead atoms. The van der Waals surface area contributed by atoms with Crippen LogP contribution in [0.25, 0.3) is 10.9 Å². The van der Waals surface area contributed by atoms with Gasteiger partial charge in [0.2, 0.25) is 0 Å². The molecule has 5 nitrogen and oxygen atoms in total. The first-order valence-electron chi connectivity index (χ1n) is 7.72. The minimum atomic E-state index is -0.154. The number of carbonyl (C=O) groups excluding carboxylic acids is 1. The fourth-order valence-electron chi connectivity index (χ4n) is 3.01. The number of fused-ring (bicyclic) bond motifs is 3. The molecule has 1 aliphatic rings. The van der Waals surface area contributed by atoms with Crippen molar-refractivity contribution >= 4 is 28.9 Å². The van der Waals surface area contributed by atoms with Crippen LogP contribution >= 0.6 is 11.9 Å². The third-order valence-corrected chi connectivity index (χ3v) is 4.94. The molecule has 6 heteroatoms. The normalized spacial score (nSPS) is 17.3. The van der Waals surface area contributed by atoms with Gasteiger partial charge in [-0.05, 0) is 68.9 Å². The highest BCUT2D eigenvalue weighted by molar-refractivity contribution is 7.98. The minimum Gasteiger partial charge on any atom is -0.358 e. The molecule has 1 atom stereocenters. The minimum absolute atomic E-state index is 0.154. The Kier molecular flexibility index (Phi) is 4.59. The number of hydrogen-bond acceptors (Lipinski definition) is 3. The number of likely N-dealkylation sites (N-methyl/N-ethyl adjacent to an activating group) is 1. The van der Waals surface area contributed by atoms with Crippen LogP contribution in [0.5, 0.6) is 0 Å². The van der Waals surface area contributed by atoms with E-state index in [2.05, 4.69) is 32.5 Å². The van der Waals surface area contributed by atoms with Crippen LogP contribution in [-0.4, -0.2) is 30.6 Å². The molecule has 0 aliphatic heterocycles. The first kappa shape index (κ1) is 15.2. The number of aromatic nitrogens is 1. The van der Waals surface area contributed by atoms with Gasteiger partial charge in [-0.1, -0.05) is 0 Å². The smallest absolute Gasteiger partial charge is 0.325 e. The fourth-order valence-corrected chi connectivity index (χ4v) is 3.60. The number of hydrogen-bond donors (Lipinski definition) is 4. The molecule has 2 amide bonds. The number of nitrogens with one attached hydrogen (secondary N) is 4. The lowest BCUT2D eigenvalue weighted by Gasteiger charge is -2.21. The van der Waals surface area contributed by atoms with E-state index >= 15 is 0 Å². The van der Waals surface area contributed by atoms with Crippen molar-refractivity contribution in [2.45, 2.75) is 37.1 Å². The van der Waals surface area contributed by atoms with Gasteiger partial charge in [0.15, 0.2) is 0 Å². The Hall–Kier alpha value is -1.66. The molecule has 0 saturated carbocycles. The van der Waals surface area contributed by atoms with Gasteiger partial charge in [-0.25, -0.2) is 4.79 Å². The van der Waals surface area contributed by atoms with Gasteiger partial charge in [-0.3, -0.25) is 4.72 Å². The average Bonchev–Trinajstić information content (AvgIpc) is 2.90. The van der Waals surface area contributed by atoms with Crippen molar-refractivity contribution in [2.24, 2.45) is 0 Å². The molecule has 1 aliphatic carbocycles. The quantitative estimate of drug-likeness (QED) is 0.655. The molecule has 0 spiro atoms. The lowest BCUT2D eigenvalue weighted by Crippen LogP contribution is -2.31. The molecule has 1 heterocycles. The molecule has 1 aromatic carbocycles. The Labute approximate surface area is 134 Å². The highest BCUT2D eigenvalue weighted by Gasteiger charge is 2.21. The van der Waals surface area contributed by atoms with E-state index in [1.165, 1.54) is 40.5 Å². The van der Waals surface area contributed by atoms with Crippen LogP contribution in [0.2, 0.25) is 0 Å². The number of urea groups is 1. The van der Waals surface area contributed by atoms with Crippen LogP contribution in [0, 0.1) is 0 Å². The van der Waals surface area contributed by atoms with Crippen molar-refractivity contribution < 1.29 is 4.79 Å². The summed E-state index contributed by atoms with van der Waals surface area (Å²) in [6.45, 7) is 2.53. The number of H-pyrrole nitrogens is 1. The molecular formula is C16H22N4OS. The molecule has 1 aromatic heterocycles. The molecular weight excluding hydrogens is 296 g/mol. The second-order valence-electron chi connectivity index (χ2n) is 5.58. The van der Waals surface area contributed by atoms with E-state index in [1.54, 1.807) is 0 Å². The molecule has 1 unspecified atom stereocenters. The van der Waals surface area contributed by atoms with Gasteiger partial charge < -0.3 is 15.6 Å². The highest BCUT2D eigenvalue weighted by Crippen LogP contribution is 2.31.